The highest BCUT2D eigenvalue weighted by atomic mass is 15.3. The normalized spacial score (nSPS) is 32.2. The minimum Gasteiger partial charge on any atom is -0.308 e. The van der Waals surface area contributed by atoms with Crippen LogP contribution in [-0.2, 0) is 12.8 Å². The third-order valence-electron chi connectivity index (χ3n) is 6.17. The lowest BCUT2D eigenvalue weighted by Crippen LogP contribution is -2.65. The minimum absolute atomic E-state index is 0.448. The zero-order chi connectivity index (χ0) is 14.3. The second kappa shape index (κ2) is 5.40. The summed E-state index contributed by atoms with van der Waals surface area (Å²) in [7, 11) is 0. The molecule has 2 atom stereocenters. The van der Waals surface area contributed by atoms with Gasteiger partial charge >= 0.3 is 0 Å². The molecule has 1 saturated carbocycles. The van der Waals surface area contributed by atoms with Crippen molar-refractivity contribution in [1.29, 1.82) is 0 Å². The van der Waals surface area contributed by atoms with Crippen LogP contribution in [0.4, 0.5) is 0 Å². The zero-order valence-corrected chi connectivity index (χ0v) is 13.3. The van der Waals surface area contributed by atoms with Crippen LogP contribution in [0.2, 0.25) is 0 Å². The second-order valence-corrected chi connectivity index (χ2v) is 7.56. The summed E-state index contributed by atoms with van der Waals surface area (Å²) in [6.07, 6.45) is 9.49. The van der Waals surface area contributed by atoms with Crippen LogP contribution in [0.15, 0.2) is 24.3 Å². The van der Waals surface area contributed by atoms with Gasteiger partial charge in [-0.3, -0.25) is 4.90 Å². The highest BCUT2D eigenvalue weighted by Gasteiger charge is 2.42. The number of hydrogen-bond acceptors (Lipinski definition) is 2. The second-order valence-electron chi connectivity index (χ2n) is 7.56. The summed E-state index contributed by atoms with van der Waals surface area (Å²) >= 11 is 0. The molecule has 3 aliphatic rings. The number of fused-ring (bicyclic) bond motifs is 1. The molecule has 114 valence electrons. The van der Waals surface area contributed by atoms with Crippen LogP contribution in [0, 0.1) is 0 Å². The number of nitrogens with one attached hydrogen (secondary N) is 1. The minimum atomic E-state index is 0.448. The molecule has 2 aliphatic carbocycles. The van der Waals surface area contributed by atoms with E-state index in [1.165, 1.54) is 58.0 Å². The van der Waals surface area contributed by atoms with Crippen molar-refractivity contribution in [1.82, 2.24) is 10.2 Å². The Balaban J connectivity index is 1.52. The van der Waals surface area contributed by atoms with Crippen molar-refractivity contribution in [3.8, 4) is 0 Å². The Morgan fingerprint density at radius 1 is 1.14 bits per heavy atom. The predicted octanol–water partition coefficient (Wildman–Crippen LogP) is 3.15. The van der Waals surface area contributed by atoms with Crippen LogP contribution in [0.3, 0.4) is 0 Å². The molecular formula is C19H28N2. The molecule has 1 N–H and O–H groups in total. The van der Waals surface area contributed by atoms with E-state index in [4.69, 9.17) is 0 Å². The molecule has 2 nitrogen and oxygen atoms in total. The first-order valence-corrected chi connectivity index (χ1v) is 8.83. The van der Waals surface area contributed by atoms with Crippen LogP contribution in [0.5, 0.6) is 0 Å². The molecule has 2 fully saturated rings. The molecular weight excluding hydrogens is 256 g/mol. The van der Waals surface area contributed by atoms with Gasteiger partial charge in [-0.1, -0.05) is 37.1 Å². The van der Waals surface area contributed by atoms with E-state index in [0.29, 0.717) is 11.6 Å². The monoisotopic (exact) mass is 284 g/mol. The molecule has 1 heterocycles. The Kier molecular flexibility index (Phi) is 3.55. The number of benzene rings is 1. The smallest absolute Gasteiger partial charge is 0.0309 e. The standard InChI is InChI=1S/C19H28N2/c1-15-13-20-19(10-4-5-11-19)14-21(15)18-9-8-16-6-2-3-7-17(16)12-18/h2-3,6-7,15,18,20H,4-5,8-14H2,1H3. The first-order chi connectivity index (χ1) is 10.3. The van der Waals surface area contributed by atoms with E-state index in [0.717, 1.165) is 6.04 Å². The molecule has 2 heteroatoms. The van der Waals surface area contributed by atoms with Crippen molar-refractivity contribution in [3.05, 3.63) is 35.4 Å². The quantitative estimate of drug-likeness (QED) is 0.852. The first kappa shape index (κ1) is 13.8. The highest BCUT2D eigenvalue weighted by molar-refractivity contribution is 5.30. The van der Waals surface area contributed by atoms with Crippen molar-refractivity contribution in [2.45, 2.75) is 69.5 Å². The van der Waals surface area contributed by atoms with Crippen LogP contribution in [0.25, 0.3) is 0 Å². The molecule has 0 radical (unpaired) electrons. The summed E-state index contributed by atoms with van der Waals surface area (Å²) in [5.41, 5.74) is 3.63. The first-order valence-electron chi connectivity index (χ1n) is 8.83. The molecule has 1 aromatic rings. The zero-order valence-electron chi connectivity index (χ0n) is 13.3. The molecule has 1 aromatic carbocycles. The summed E-state index contributed by atoms with van der Waals surface area (Å²) < 4.78 is 0. The molecule has 0 aromatic heterocycles. The molecule has 0 bridgehead atoms. The van der Waals surface area contributed by atoms with E-state index in [1.54, 1.807) is 11.1 Å². The lowest BCUT2D eigenvalue weighted by atomic mass is 9.84. The van der Waals surface area contributed by atoms with Crippen LogP contribution < -0.4 is 5.32 Å². The maximum atomic E-state index is 3.89. The third-order valence-corrected chi connectivity index (χ3v) is 6.17. The third kappa shape index (κ3) is 2.53. The Bertz CT molecular complexity index is 504. The Hall–Kier alpha value is -0.860. The van der Waals surface area contributed by atoms with E-state index in [9.17, 15) is 0 Å². The summed E-state index contributed by atoms with van der Waals surface area (Å²) in [6.45, 7) is 4.87. The Morgan fingerprint density at radius 3 is 2.71 bits per heavy atom. The van der Waals surface area contributed by atoms with Crippen molar-refractivity contribution < 1.29 is 0 Å². The van der Waals surface area contributed by atoms with Gasteiger partial charge in [0.15, 0.2) is 0 Å². The van der Waals surface area contributed by atoms with Gasteiger partial charge in [0, 0.05) is 30.7 Å². The van der Waals surface area contributed by atoms with Crippen molar-refractivity contribution in [2.75, 3.05) is 13.1 Å². The van der Waals surface area contributed by atoms with Gasteiger partial charge in [-0.2, -0.15) is 0 Å². The van der Waals surface area contributed by atoms with Crippen molar-refractivity contribution in [2.24, 2.45) is 0 Å². The fourth-order valence-corrected chi connectivity index (χ4v) is 4.88. The van der Waals surface area contributed by atoms with Gasteiger partial charge in [-0.25, -0.2) is 0 Å². The van der Waals surface area contributed by atoms with E-state index < -0.39 is 0 Å². The number of rotatable bonds is 1. The van der Waals surface area contributed by atoms with Gasteiger partial charge in [-0.05, 0) is 50.2 Å². The largest absolute Gasteiger partial charge is 0.308 e. The molecule has 1 spiro atoms. The summed E-state index contributed by atoms with van der Waals surface area (Å²) in [6, 6.07) is 10.5. The molecule has 0 amide bonds. The number of piperazine rings is 1. The van der Waals surface area contributed by atoms with Gasteiger partial charge in [0.05, 0.1) is 0 Å². The number of hydrogen-bond donors (Lipinski definition) is 1. The summed E-state index contributed by atoms with van der Waals surface area (Å²) in [5, 5.41) is 3.89. The molecule has 4 rings (SSSR count). The SMILES string of the molecule is CC1CNC2(CCCC2)CN1C1CCc2ccccc2C1. The number of nitrogens with zero attached hydrogens (tertiary/aromatic N) is 1. The summed E-state index contributed by atoms with van der Waals surface area (Å²) in [5.74, 6) is 0. The van der Waals surface area contributed by atoms with Crippen LogP contribution >= 0.6 is 0 Å². The lowest BCUT2D eigenvalue weighted by molar-refractivity contribution is 0.0448. The highest BCUT2D eigenvalue weighted by Crippen LogP contribution is 2.35. The van der Waals surface area contributed by atoms with E-state index in [2.05, 4.69) is 41.4 Å². The maximum Gasteiger partial charge on any atom is 0.0309 e. The fraction of sp³-hybridized carbons (Fsp3) is 0.684. The van der Waals surface area contributed by atoms with Gasteiger partial charge in [-0.15, -0.1) is 0 Å². The lowest BCUT2D eigenvalue weighted by Gasteiger charge is -2.49. The molecule has 1 saturated heterocycles. The van der Waals surface area contributed by atoms with Gasteiger partial charge in [0.1, 0.15) is 0 Å². The van der Waals surface area contributed by atoms with Crippen LogP contribution in [-0.4, -0.2) is 35.6 Å². The maximum absolute atomic E-state index is 3.89. The van der Waals surface area contributed by atoms with E-state index >= 15 is 0 Å². The van der Waals surface area contributed by atoms with Gasteiger partial charge < -0.3 is 5.32 Å². The topological polar surface area (TPSA) is 15.3 Å². The summed E-state index contributed by atoms with van der Waals surface area (Å²) in [4.78, 5) is 2.84. The molecule has 21 heavy (non-hydrogen) atoms. The Morgan fingerprint density at radius 2 is 1.90 bits per heavy atom. The molecule has 2 unspecified atom stereocenters. The van der Waals surface area contributed by atoms with Crippen LogP contribution in [0.1, 0.15) is 50.2 Å². The fourth-order valence-electron chi connectivity index (χ4n) is 4.88. The predicted molar refractivity (Wildman–Crippen MR) is 87.6 cm³/mol. The van der Waals surface area contributed by atoms with Crippen molar-refractivity contribution >= 4 is 0 Å². The molecule has 1 aliphatic heterocycles. The van der Waals surface area contributed by atoms with Crippen molar-refractivity contribution in [3.63, 3.8) is 0 Å². The average Bonchev–Trinajstić information content (AvgIpc) is 2.98. The van der Waals surface area contributed by atoms with E-state index in [1.807, 2.05) is 0 Å². The Labute approximate surface area is 128 Å². The average molecular weight is 284 g/mol. The number of aryl methyl sites for hydroxylation is 1. The van der Waals surface area contributed by atoms with Gasteiger partial charge in [0.25, 0.3) is 0 Å². The van der Waals surface area contributed by atoms with E-state index in [-0.39, 0.29) is 0 Å². The van der Waals surface area contributed by atoms with Gasteiger partial charge in [0.2, 0.25) is 0 Å².